The van der Waals surface area contributed by atoms with E-state index in [0.29, 0.717) is 32.7 Å². The number of carbonyl (C=O) groups is 2. The van der Waals surface area contributed by atoms with E-state index in [1.807, 2.05) is 24.3 Å². The van der Waals surface area contributed by atoms with Crippen molar-refractivity contribution in [1.29, 1.82) is 0 Å². The zero-order valence-corrected chi connectivity index (χ0v) is 22.2. The number of thiocarbonyl (C=S) groups is 1. The summed E-state index contributed by atoms with van der Waals surface area (Å²) in [5.41, 5.74) is 2.41. The predicted octanol–water partition coefficient (Wildman–Crippen LogP) is 7.32. The Morgan fingerprint density at radius 3 is 1.79 bits per heavy atom. The molecule has 4 aromatic rings. The Morgan fingerprint density at radius 1 is 0.711 bits per heavy atom. The van der Waals surface area contributed by atoms with Crippen molar-refractivity contribution in [3.63, 3.8) is 0 Å². The Morgan fingerprint density at radius 2 is 1.24 bits per heavy atom. The van der Waals surface area contributed by atoms with Crippen LogP contribution in [0.2, 0.25) is 10.0 Å². The van der Waals surface area contributed by atoms with Crippen molar-refractivity contribution in [2.75, 3.05) is 9.80 Å². The number of para-hydroxylation sites is 2. The third-order valence-corrected chi connectivity index (χ3v) is 6.71. The molecule has 5 nitrogen and oxygen atoms in total. The number of hydrogen-bond donors (Lipinski definition) is 0. The van der Waals surface area contributed by atoms with E-state index in [1.165, 1.54) is 15.9 Å². The summed E-state index contributed by atoms with van der Waals surface area (Å²) in [5, 5.41) is 1.13. The van der Waals surface area contributed by atoms with Gasteiger partial charge in [0.1, 0.15) is 17.9 Å². The minimum absolute atomic E-state index is 0.0693. The third kappa shape index (κ3) is 5.34. The Kier molecular flexibility index (Phi) is 7.56. The van der Waals surface area contributed by atoms with Gasteiger partial charge in [0, 0.05) is 15.6 Å². The van der Waals surface area contributed by atoms with Gasteiger partial charge in [0.15, 0.2) is 5.11 Å². The van der Waals surface area contributed by atoms with Crippen LogP contribution in [-0.4, -0.2) is 16.9 Å². The third-order valence-electron chi connectivity index (χ3n) is 5.86. The highest BCUT2D eigenvalue weighted by atomic mass is 35.5. The van der Waals surface area contributed by atoms with E-state index in [-0.39, 0.29) is 17.3 Å². The minimum atomic E-state index is -0.540. The molecule has 2 amide bonds. The molecule has 0 unspecified atom stereocenters. The summed E-state index contributed by atoms with van der Waals surface area (Å²) >= 11 is 18.0. The highest BCUT2D eigenvalue weighted by Gasteiger charge is 2.41. The first-order chi connectivity index (χ1) is 18.4. The molecule has 5 rings (SSSR count). The summed E-state index contributed by atoms with van der Waals surface area (Å²) in [7, 11) is 0. The van der Waals surface area contributed by atoms with Crippen LogP contribution in [0.4, 0.5) is 11.4 Å². The first-order valence-corrected chi connectivity index (χ1v) is 12.8. The van der Waals surface area contributed by atoms with Crippen molar-refractivity contribution >= 4 is 69.8 Å². The van der Waals surface area contributed by atoms with E-state index < -0.39 is 11.8 Å². The normalized spacial score (nSPS) is 13.6. The van der Waals surface area contributed by atoms with Crippen LogP contribution in [0.25, 0.3) is 6.08 Å². The molecule has 0 bridgehead atoms. The van der Waals surface area contributed by atoms with Crippen LogP contribution in [0.3, 0.4) is 0 Å². The molecule has 0 atom stereocenters. The summed E-state index contributed by atoms with van der Waals surface area (Å²) in [6, 6.07) is 30.3. The molecule has 38 heavy (non-hydrogen) atoms. The highest BCUT2D eigenvalue weighted by Crippen LogP contribution is 2.32. The summed E-state index contributed by atoms with van der Waals surface area (Å²) in [4.78, 5) is 30.3. The topological polar surface area (TPSA) is 49.9 Å². The lowest BCUT2D eigenvalue weighted by Gasteiger charge is -2.36. The monoisotopic (exact) mass is 558 g/mol. The average molecular weight is 559 g/mol. The van der Waals surface area contributed by atoms with Gasteiger partial charge in [0.25, 0.3) is 11.8 Å². The van der Waals surface area contributed by atoms with Gasteiger partial charge < -0.3 is 4.74 Å². The highest BCUT2D eigenvalue weighted by molar-refractivity contribution is 7.81. The summed E-state index contributed by atoms with van der Waals surface area (Å²) in [5.74, 6) is -0.618. The first kappa shape index (κ1) is 25.7. The van der Waals surface area contributed by atoms with Gasteiger partial charge in [-0.3, -0.25) is 19.4 Å². The zero-order chi connectivity index (χ0) is 26.6. The molecule has 8 heteroatoms. The molecule has 188 valence electrons. The summed E-state index contributed by atoms with van der Waals surface area (Å²) in [6.07, 6.45) is 1.50. The van der Waals surface area contributed by atoms with E-state index in [1.54, 1.807) is 78.9 Å². The average Bonchev–Trinajstić information content (AvgIpc) is 2.93. The summed E-state index contributed by atoms with van der Waals surface area (Å²) in [6.45, 7) is 0.257. The van der Waals surface area contributed by atoms with Gasteiger partial charge in [-0.05, 0) is 78.5 Å². The number of carbonyl (C=O) groups excluding carboxylic acids is 2. The lowest BCUT2D eigenvalue weighted by atomic mass is 10.0. The number of ether oxygens (including phenoxy) is 1. The van der Waals surface area contributed by atoms with Crippen LogP contribution < -0.4 is 14.5 Å². The Hall–Kier alpha value is -3.97. The number of amides is 2. The minimum Gasteiger partial charge on any atom is -0.488 e. The second-order valence-corrected chi connectivity index (χ2v) is 9.63. The van der Waals surface area contributed by atoms with Crippen molar-refractivity contribution in [2.45, 2.75) is 6.61 Å². The molecule has 0 N–H and O–H groups in total. The van der Waals surface area contributed by atoms with E-state index >= 15 is 0 Å². The molecule has 0 saturated carbocycles. The molecule has 1 heterocycles. The van der Waals surface area contributed by atoms with Crippen LogP contribution >= 0.6 is 35.4 Å². The van der Waals surface area contributed by atoms with Crippen molar-refractivity contribution in [2.24, 2.45) is 0 Å². The molecule has 0 aromatic heterocycles. The van der Waals surface area contributed by atoms with E-state index in [2.05, 4.69) is 0 Å². The van der Waals surface area contributed by atoms with Gasteiger partial charge in [-0.25, -0.2) is 0 Å². The van der Waals surface area contributed by atoms with Crippen LogP contribution in [0.15, 0.2) is 109 Å². The van der Waals surface area contributed by atoms with Crippen molar-refractivity contribution < 1.29 is 14.3 Å². The molecule has 0 spiro atoms. The van der Waals surface area contributed by atoms with E-state index in [9.17, 15) is 9.59 Å². The van der Waals surface area contributed by atoms with Gasteiger partial charge >= 0.3 is 0 Å². The van der Waals surface area contributed by atoms with Gasteiger partial charge in [-0.15, -0.1) is 0 Å². The van der Waals surface area contributed by atoms with Crippen LogP contribution in [0.1, 0.15) is 11.1 Å². The Bertz CT molecular complexity index is 1480. The number of nitrogens with zero attached hydrogens (tertiary/aromatic N) is 2. The molecule has 1 saturated heterocycles. The molecule has 0 aliphatic carbocycles. The number of hydrogen-bond acceptors (Lipinski definition) is 4. The van der Waals surface area contributed by atoms with Crippen molar-refractivity contribution in [1.82, 2.24) is 0 Å². The summed E-state index contributed by atoms with van der Waals surface area (Å²) < 4.78 is 6.05. The number of benzene rings is 4. The fourth-order valence-corrected chi connectivity index (χ4v) is 4.68. The van der Waals surface area contributed by atoms with Crippen molar-refractivity contribution in [3.8, 4) is 5.75 Å². The number of anilines is 2. The quantitative estimate of drug-likeness (QED) is 0.141. The number of rotatable bonds is 6. The molecule has 1 fully saturated rings. The van der Waals surface area contributed by atoms with Crippen LogP contribution in [0.5, 0.6) is 5.75 Å². The maximum atomic E-state index is 13.8. The van der Waals surface area contributed by atoms with Crippen LogP contribution in [0, 0.1) is 0 Å². The van der Waals surface area contributed by atoms with E-state index in [0.717, 1.165) is 5.56 Å². The molecule has 1 aliphatic heterocycles. The standard InChI is InChI=1S/C30H20Cl2N2O3S/c31-22-13-11-20(12-14-22)19-37-27-16-15-23(32)17-21(27)18-26-28(35)33(24-7-3-1-4-8-24)30(38)34(29(26)36)25-9-5-2-6-10-25/h1-18H,19H2. The smallest absolute Gasteiger partial charge is 0.270 e. The first-order valence-electron chi connectivity index (χ1n) is 11.6. The second-order valence-electron chi connectivity index (χ2n) is 8.39. The van der Waals surface area contributed by atoms with Gasteiger partial charge in [0.05, 0.1) is 11.4 Å². The van der Waals surface area contributed by atoms with Gasteiger partial charge in [0.2, 0.25) is 0 Å². The SMILES string of the molecule is O=C1C(=Cc2cc(Cl)ccc2OCc2ccc(Cl)cc2)C(=O)N(c2ccccc2)C(=S)N1c1ccccc1. The maximum absolute atomic E-state index is 13.8. The lowest BCUT2D eigenvalue weighted by Crippen LogP contribution is -2.56. The van der Waals surface area contributed by atoms with Gasteiger partial charge in [-0.1, -0.05) is 71.7 Å². The van der Waals surface area contributed by atoms with Gasteiger partial charge in [-0.2, -0.15) is 0 Å². The maximum Gasteiger partial charge on any atom is 0.270 e. The molecule has 0 radical (unpaired) electrons. The molecule has 4 aromatic carbocycles. The second kappa shape index (κ2) is 11.2. The molecular formula is C30H20Cl2N2O3S. The van der Waals surface area contributed by atoms with Crippen molar-refractivity contribution in [3.05, 3.63) is 130 Å². The predicted molar refractivity (Wildman–Crippen MR) is 156 cm³/mol. The number of halogens is 2. The van der Waals surface area contributed by atoms with E-state index in [4.69, 9.17) is 40.2 Å². The van der Waals surface area contributed by atoms with Crippen LogP contribution in [-0.2, 0) is 16.2 Å². The molecular weight excluding hydrogens is 539 g/mol. The fourth-order valence-electron chi connectivity index (χ4n) is 4.00. The zero-order valence-electron chi connectivity index (χ0n) is 19.9. The lowest BCUT2D eigenvalue weighted by molar-refractivity contribution is -0.120. The molecule has 1 aliphatic rings. The Balaban J connectivity index is 1.57. The fraction of sp³-hybridized carbons (Fsp3) is 0.0333. The largest absolute Gasteiger partial charge is 0.488 e. The Labute approximate surface area is 235 Å².